The highest BCUT2D eigenvalue weighted by atomic mass is 35.5. The first-order valence-corrected chi connectivity index (χ1v) is 16.8. The topological polar surface area (TPSA) is 98.0 Å². The third-order valence-electron chi connectivity index (χ3n) is 10.3. The third kappa shape index (κ3) is 6.39. The number of piperidine rings is 2. The second kappa shape index (κ2) is 13.0. The monoisotopic (exact) mass is 627 g/mol. The van der Waals surface area contributed by atoms with Gasteiger partial charge in [-0.2, -0.15) is 4.98 Å². The van der Waals surface area contributed by atoms with E-state index in [4.69, 9.17) is 16.6 Å². The van der Waals surface area contributed by atoms with E-state index in [9.17, 15) is 9.90 Å². The molecular formula is C35H42ClN7O2. The Morgan fingerprint density at radius 2 is 1.64 bits per heavy atom. The third-order valence-corrected chi connectivity index (χ3v) is 10.5. The van der Waals surface area contributed by atoms with Crippen molar-refractivity contribution >= 4 is 40.5 Å². The van der Waals surface area contributed by atoms with Crippen molar-refractivity contribution in [2.45, 2.75) is 68.9 Å². The highest BCUT2D eigenvalue weighted by molar-refractivity contribution is 6.30. The molecule has 0 bridgehead atoms. The maximum absolute atomic E-state index is 13.0. The molecule has 3 fully saturated rings. The Labute approximate surface area is 269 Å². The average Bonchev–Trinajstić information content (AvgIpc) is 3.76. The summed E-state index contributed by atoms with van der Waals surface area (Å²) < 4.78 is 1.80. The number of hydrogen-bond acceptors (Lipinski definition) is 7. The number of carbonyl (C=O) groups is 1. The number of aromatic nitrogens is 3. The van der Waals surface area contributed by atoms with Crippen molar-refractivity contribution < 1.29 is 9.90 Å². The largest absolute Gasteiger partial charge is 0.395 e. The van der Waals surface area contributed by atoms with E-state index in [1.165, 1.54) is 25.7 Å². The van der Waals surface area contributed by atoms with Gasteiger partial charge in [-0.1, -0.05) is 36.6 Å². The zero-order valence-electron chi connectivity index (χ0n) is 25.7. The molecule has 1 amide bonds. The van der Waals surface area contributed by atoms with E-state index in [0.29, 0.717) is 16.5 Å². The van der Waals surface area contributed by atoms with Crippen LogP contribution in [0.15, 0.2) is 66.9 Å². The van der Waals surface area contributed by atoms with Crippen molar-refractivity contribution in [1.82, 2.24) is 24.8 Å². The zero-order chi connectivity index (χ0) is 30.8. The van der Waals surface area contributed by atoms with Crippen LogP contribution in [0.1, 0.15) is 67.3 Å². The van der Waals surface area contributed by atoms with Gasteiger partial charge in [0.15, 0.2) is 5.65 Å². The molecule has 2 aromatic heterocycles. The number of rotatable bonds is 8. The molecule has 3 N–H and O–H groups in total. The van der Waals surface area contributed by atoms with Crippen molar-refractivity contribution in [2.75, 3.05) is 43.0 Å². The Bertz CT molecular complexity index is 1600. The standard InChI is InChI=1S/C35H42ClN7O2/c36-27-11-9-26(10-12-27)35(24-44)17-22-42(23-18-35)31-6-3-19-43-32(31)39-34(40-43)38-28-13-7-25(8-14-28)33(45)37-29-15-20-41(21-16-29)30-4-1-2-5-30/h3,6-14,19,29-30,44H,1-2,4-5,15-18,20-24H2,(H,37,45)(H,38,40). The number of anilines is 3. The van der Waals surface area contributed by atoms with E-state index >= 15 is 0 Å². The molecule has 1 saturated carbocycles. The number of aliphatic hydroxyl groups excluding tert-OH is 1. The summed E-state index contributed by atoms with van der Waals surface area (Å²) in [5.41, 5.74) is 4.13. The second-order valence-corrected chi connectivity index (χ2v) is 13.4. The summed E-state index contributed by atoms with van der Waals surface area (Å²) in [6.07, 6.45) is 11.0. The summed E-state index contributed by atoms with van der Waals surface area (Å²) in [4.78, 5) is 22.8. The van der Waals surface area contributed by atoms with Crippen LogP contribution in [0.25, 0.3) is 5.65 Å². The predicted octanol–water partition coefficient (Wildman–Crippen LogP) is 5.79. The molecule has 236 valence electrons. The van der Waals surface area contributed by atoms with Gasteiger partial charge in [0.1, 0.15) is 0 Å². The van der Waals surface area contributed by atoms with E-state index in [-0.39, 0.29) is 24.0 Å². The number of halogens is 1. The van der Waals surface area contributed by atoms with E-state index in [2.05, 4.69) is 31.6 Å². The van der Waals surface area contributed by atoms with Gasteiger partial charge in [-0.3, -0.25) is 4.79 Å². The van der Waals surface area contributed by atoms with Gasteiger partial charge in [-0.05, 0) is 92.6 Å². The van der Waals surface area contributed by atoms with Gasteiger partial charge in [0, 0.05) is 66.1 Å². The van der Waals surface area contributed by atoms with Crippen LogP contribution >= 0.6 is 11.6 Å². The molecule has 9 nitrogen and oxygen atoms in total. The average molecular weight is 628 g/mol. The fraction of sp³-hybridized carbons (Fsp3) is 0.457. The molecule has 10 heteroatoms. The second-order valence-electron chi connectivity index (χ2n) is 13.0. The fourth-order valence-corrected chi connectivity index (χ4v) is 7.62. The Hall–Kier alpha value is -3.66. The number of benzene rings is 2. The molecule has 4 heterocycles. The lowest BCUT2D eigenvalue weighted by Gasteiger charge is -2.42. The SMILES string of the molecule is O=C(NC1CCN(C2CCCC2)CC1)c1ccc(Nc2nc3c(N4CCC(CO)(c5ccc(Cl)cc5)CC4)cccn3n2)cc1. The van der Waals surface area contributed by atoms with Crippen LogP contribution in [-0.4, -0.2) is 75.4 Å². The van der Waals surface area contributed by atoms with Crippen molar-refractivity contribution in [2.24, 2.45) is 0 Å². The molecule has 4 aromatic rings. The van der Waals surface area contributed by atoms with Gasteiger partial charge in [-0.15, -0.1) is 5.10 Å². The maximum atomic E-state index is 13.0. The molecular weight excluding hydrogens is 586 g/mol. The molecule has 0 spiro atoms. The Kier molecular flexibility index (Phi) is 8.66. The number of nitrogens with zero attached hydrogens (tertiary/aromatic N) is 5. The normalized spacial score (nSPS) is 19.6. The lowest BCUT2D eigenvalue weighted by Crippen LogP contribution is -2.47. The van der Waals surface area contributed by atoms with Gasteiger partial charge >= 0.3 is 0 Å². The minimum atomic E-state index is -0.276. The van der Waals surface area contributed by atoms with Gasteiger partial charge in [-0.25, -0.2) is 4.52 Å². The molecule has 0 radical (unpaired) electrons. The van der Waals surface area contributed by atoms with Crippen molar-refractivity contribution in [1.29, 1.82) is 0 Å². The molecule has 7 rings (SSSR count). The molecule has 1 aliphatic carbocycles. The van der Waals surface area contributed by atoms with Crippen LogP contribution in [0.2, 0.25) is 5.02 Å². The number of likely N-dealkylation sites (tertiary alicyclic amines) is 1. The predicted molar refractivity (Wildman–Crippen MR) is 179 cm³/mol. The summed E-state index contributed by atoms with van der Waals surface area (Å²) in [6.45, 7) is 3.85. The van der Waals surface area contributed by atoms with Gasteiger partial charge in [0.2, 0.25) is 5.95 Å². The number of amides is 1. The molecule has 0 atom stereocenters. The molecule has 2 saturated heterocycles. The smallest absolute Gasteiger partial charge is 0.251 e. The van der Waals surface area contributed by atoms with Crippen LogP contribution in [0.3, 0.4) is 0 Å². The lowest BCUT2D eigenvalue weighted by atomic mass is 9.73. The van der Waals surface area contributed by atoms with Crippen molar-refractivity contribution in [3.8, 4) is 0 Å². The first kappa shape index (κ1) is 30.0. The van der Waals surface area contributed by atoms with E-state index in [0.717, 1.165) is 80.5 Å². The first-order chi connectivity index (χ1) is 22.0. The fourth-order valence-electron chi connectivity index (χ4n) is 7.49. The van der Waals surface area contributed by atoms with Crippen molar-refractivity contribution in [3.63, 3.8) is 0 Å². The van der Waals surface area contributed by atoms with Crippen LogP contribution in [0, 0.1) is 0 Å². The van der Waals surface area contributed by atoms with E-state index < -0.39 is 0 Å². The maximum Gasteiger partial charge on any atom is 0.251 e. The van der Waals surface area contributed by atoms with Crippen LogP contribution < -0.4 is 15.5 Å². The minimum absolute atomic E-state index is 0.0147. The van der Waals surface area contributed by atoms with Crippen LogP contribution in [0.5, 0.6) is 0 Å². The summed E-state index contributed by atoms with van der Waals surface area (Å²) >= 11 is 6.11. The summed E-state index contributed by atoms with van der Waals surface area (Å²) in [6, 6.07) is 20.4. The highest BCUT2D eigenvalue weighted by Gasteiger charge is 2.36. The van der Waals surface area contributed by atoms with Crippen molar-refractivity contribution in [3.05, 3.63) is 83.0 Å². The van der Waals surface area contributed by atoms with E-state index in [1.54, 1.807) is 4.52 Å². The van der Waals surface area contributed by atoms with Crippen LogP contribution in [-0.2, 0) is 5.41 Å². The summed E-state index contributed by atoms with van der Waals surface area (Å²) in [7, 11) is 0. The number of nitrogens with one attached hydrogen (secondary N) is 2. The number of carbonyl (C=O) groups excluding carboxylic acids is 1. The highest BCUT2D eigenvalue weighted by Crippen LogP contribution is 2.38. The van der Waals surface area contributed by atoms with Gasteiger partial charge in [0.05, 0.1) is 12.3 Å². The lowest BCUT2D eigenvalue weighted by molar-refractivity contribution is 0.0892. The molecule has 45 heavy (non-hydrogen) atoms. The Morgan fingerprint density at radius 3 is 2.33 bits per heavy atom. The molecule has 0 unspecified atom stereocenters. The van der Waals surface area contributed by atoms with E-state index in [1.807, 2.05) is 60.8 Å². The summed E-state index contributed by atoms with van der Waals surface area (Å²) in [5, 5.41) is 22.3. The van der Waals surface area contributed by atoms with Gasteiger partial charge < -0.3 is 25.5 Å². The molecule has 2 aliphatic heterocycles. The van der Waals surface area contributed by atoms with Gasteiger partial charge in [0.25, 0.3) is 5.91 Å². The zero-order valence-corrected chi connectivity index (χ0v) is 26.4. The minimum Gasteiger partial charge on any atom is -0.395 e. The number of fused-ring (bicyclic) bond motifs is 1. The summed E-state index contributed by atoms with van der Waals surface area (Å²) in [5.74, 6) is 0.482. The number of pyridine rings is 1. The Balaban J connectivity index is 0.967. The molecule has 3 aliphatic rings. The van der Waals surface area contributed by atoms with Crippen LogP contribution in [0.4, 0.5) is 17.3 Å². The quantitative estimate of drug-likeness (QED) is 0.227. The Morgan fingerprint density at radius 1 is 0.933 bits per heavy atom. The molecule has 2 aromatic carbocycles. The first-order valence-electron chi connectivity index (χ1n) is 16.4. The number of aliphatic hydroxyl groups is 1. The number of hydrogen-bond donors (Lipinski definition) is 3.